The van der Waals surface area contributed by atoms with Crippen LogP contribution in [0.25, 0.3) is 22.8 Å². The number of hydrogen-bond donors (Lipinski definition) is 0. The van der Waals surface area contributed by atoms with Crippen LogP contribution in [0.15, 0.2) is 54.6 Å². The van der Waals surface area contributed by atoms with Crippen LogP contribution >= 0.6 is 23.6 Å². The number of hydrogen-bond acceptors (Lipinski definition) is 3. The highest BCUT2D eigenvalue weighted by Crippen LogP contribution is 2.17. The molecule has 0 amide bonds. The number of thiazole rings is 1. The zero-order valence-corrected chi connectivity index (χ0v) is 12.1. The molecule has 0 saturated carbocycles. The van der Waals surface area contributed by atoms with Gasteiger partial charge in [-0.25, -0.2) is 4.98 Å². The molecule has 0 N–H and O–H groups in total. The summed E-state index contributed by atoms with van der Waals surface area (Å²) in [4.78, 5) is 4.71. The van der Waals surface area contributed by atoms with Crippen molar-refractivity contribution in [2.45, 2.75) is 0 Å². The highest BCUT2D eigenvalue weighted by molar-refractivity contribution is 7.73. The Balaban J connectivity index is 2.11. The summed E-state index contributed by atoms with van der Waals surface area (Å²) in [5.41, 5.74) is 4.18. The predicted octanol–water partition coefficient (Wildman–Crippen LogP) is 3.83. The lowest BCUT2D eigenvalue weighted by atomic mass is 10.2. The third-order valence-corrected chi connectivity index (χ3v) is 4.57. The van der Waals surface area contributed by atoms with Crippen LogP contribution in [0.4, 0.5) is 0 Å². The molecule has 0 fully saturated rings. The summed E-state index contributed by atoms with van der Waals surface area (Å²) < 4.78 is 4.01. The molecule has 4 rings (SSSR count). The van der Waals surface area contributed by atoms with E-state index in [1.807, 2.05) is 36.4 Å². The van der Waals surface area contributed by atoms with E-state index in [1.165, 1.54) is 5.56 Å². The van der Waals surface area contributed by atoms with Crippen molar-refractivity contribution in [3.63, 3.8) is 0 Å². The number of aromatic nitrogens is 2. The van der Waals surface area contributed by atoms with Crippen molar-refractivity contribution in [3.05, 3.63) is 68.6 Å². The summed E-state index contributed by atoms with van der Waals surface area (Å²) in [7, 11) is 0. The molecule has 0 aliphatic heterocycles. The SMILES string of the molecule is S=c1s/c(=C\c2ccccc2)c2nc3ccccc3n12. The van der Waals surface area contributed by atoms with Gasteiger partial charge in [-0.2, -0.15) is 0 Å². The molecule has 0 radical (unpaired) electrons. The Kier molecular flexibility index (Phi) is 2.65. The fourth-order valence-corrected chi connectivity index (χ4v) is 3.70. The van der Waals surface area contributed by atoms with Crippen molar-refractivity contribution in [2.24, 2.45) is 0 Å². The van der Waals surface area contributed by atoms with Gasteiger partial charge in [0.15, 0.2) is 9.60 Å². The summed E-state index contributed by atoms with van der Waals surface area (Å²) >= 11 is 7.10. The van der Waals surface area contributed by atoms with Crippen molar-refractivity contribution in [1.82, 2.24) is 9.38 Å². The van der Waals surface area contributed by atoms with Gasteiger partial charge in [0.25, 0.3) is 0 Å². The predicted molar refractivity (Wildman–Crippen MR) is 86.6 cm³/mol. The Morgan fingerprint density at radius 1 is 1.00 bits per heavy atom. The fraction of sp³-hybridized carbons (Fsp3) is 0. The van der Waals surface area contributed by atoms with Gasteiger partial charge in [-0.05, 0) is 36.0 Å². The van der Waals surface area contributed by atoms with E-state index >= 15 is 0 Å². The average Bonchev–Trinajstić information content (AvgIpc) is 2.99. The summed E-state index contributed by atoms with van der Waals surface area (Å²) in [6.45, 7) is 0. The zero-order chi connectivity index (χ0) is 13.5. The van der Waals surface area contributed by atoms with E-state index in [1.54, 1.807) is 11.3 Å². The van der Waals surface area contributed by atoms with Crippen LogP contribution < -0.4 is 4.53 Å². The molecular formula is C16H10N2S2. The van der Waals surface area contributed by atoms with Gasteiger partial charge in [0.1, 0.15) is 0 Å². The molecule has 0 aliphatic carbocycles. The van der Waals surface area contributed by atoms with Crippen molar-refractivity contribution < 1.29 is 0 Å². The van der Waals surface area contributed by atoms with Crippen LogP contribution in [-0.2, 0) is 0 Å². The third kappa shape index (κ3) is 1.77. The summed E-state index contributed by atoms with van der Waals surface area (Å²) in [6.07, 6.45) is 2.14. The molecular weight excluding hydrogens is 284 g/mol. The maximum Gasteiger partial charge on any atom is 0.168 e. The van der Waals surface area contributed by atoms with Crippen LogP contribution in [0.5, 0.6) is 0 Å². The lowest BCUT2D eigenvalue weighted by Gasteiger charge is -1.88. The number of fused-ring (bicyclic) bond motifs is 3. The number of rotatable bonds is 1. The number of benzene rings is 2. The van der Waals surface area contributed by atoms with Gasteiger partial charge in [0, 0.05) is 0 Å². The monoisotopic (exact) mass is 294 g/mol. The van der Waals surface area contributed by atoms with Gasteiger partial charge < -0.3 is 0 Å². The first-order valence-corrected chi connectivity index (χ1v) is 7.52. The first kappa shape index (κ1) is 11.8. The molecule has 0 unspecified atom stereocenters. The molecule has 0 saturated heterocycles. The normalized spacial score (nSPS) is 12.5. The Hall–Kier alpha value is -2.04. The summed E-state index contributed by atoms with van der Waals surface area (Å²) in [6, 6.07) is 18.4. The topological polar surface area (TPSA) is 17.3 Å². The molecule has 0 bridgehead atoms. The van der Waals surface area contributed by atoms with E-state index in [2.05, 4.69) is 28.7 Å². The molecule has 20 heavy (non-hydrogen) atoms. The Bertz CT molecular complexity index is 1010. The van der Waals surface area contributed by atoms with Gasteiger partial charge in [0.2, 0.25) is 0 Å². The minimum atomic E-state index is 0.843. The molecule has 4 heteroatoms. The van der Waals surface area contributed by atoms with E-state index in [0.29, 0.717) is 0 Å². The van der Waals surface area contributed by atoms with E-state index < -0.39 is 0 Å². The quantitative estimate of drug-likeness (QED) is 0.496. The standard InChI is InChI=1S/C16H10N2S2/c19-16-18-13-9-5-4-8-12(13)17-15(18)14(20-16)10-11-6-2-1-3-7-11/h1-10H/b14-10-. The summed E-state index contributed by atoms with van der Waals surface area (Å²) in [5, 5.41) is 0. The van der Waals surface area contributed by atoms with Crippen molar-refractivity contribution >= 4 is 46.3 Å². The number of para-hydroxylation sites is 2. The van der Waals surface area contributed by atoms with Gasteiger partial charge in [-0.15, -0.1) is 11.3 Å². The highest BCUT2D eigenvalue weighted by Gasteiger charge is 2.08. The zero-order valence-electron chi connectivity index (χ0n) is 10.5. The molecule has 0 aliphatic rings. The van der Waals surface area contributed by atoms with Gasteiger partial charge in [0.05, 0.1) is 15.6 Å². The molecule has 2 nitrogen and oxygen atoms in total. The van der Waals surface area contributed by atoms with Crippen LogP contribution in [0.2, 0.25) is 0 Å². The maximum absolute atomic E-state index is 5.49. The lowest BCUT2D eigenvalue weighted by Crippen LogP contribution is -1.95. The Morgan fingerprint density at radius 3 is 2.60 bits per heavy atom. The van der Waals surface area contributed by atoms with Gasteiger partial charge in [-0.3, -0.25) is 4.40 Å². The lowest BCUT2D eigenvalue weighted by molar-refractivity contribution is 1.26. The molecule has 2 aromatic carbocycles. The molecule has 4 aromatic rings. The van der Waals surface area contributed by atoms with Crippen LogP contribution in [0.1, 0.15) is 5.56 Å². The number of imidazole rings is 1. The second kappa shape index (κ2) is 4.51. The van der Waals surface area contributed by atoms with Gasteiger partial charge >= 0.3 is 0 Å². The largest absolute Gasteiger partial charge is 0.273 e. The van der Waals surface area contributed by atoms with Gasteiger partial charge in [-0.1, -0.05) is 42.5 Å². The van der Waals surface area contributed by atoms with Crippen LogP contribution in [0.3, 0.4) is 0 Å². The minimum absolute atomic E-state index is 0.843. The van der Waals surface area contributed by atoms with Crippen molar-refractivity contribution in [2.75, 3.05) is 0 Å². The van der Waals surface area contributed by atoms with E-state index in [9.17, 15) is 0 Å². The average molecular weight is 294 g/mol. The fourth-order valence-electron chi connectivity index (χ4n) is 2.36. The number of nitrogens with zero attached hydrogens (tertiary/aromatic N) is 2. The maximum atomic E-state index is 5.49. The van der Waals surface area contributed by atoms with Crippen LogP contribution in [-0.4, -0.2) is 9.38 Å². The molecule has 0 atom stereocenters. The first-order chi connectivity index (χ1) is 9.83. The Labute approximate surface area is 124 Å². The van der Waals surface area contributed by atoms with E-state index in [-0.39, 0.29) is 0 Å². The van der Waals surface area contributed by atoms with Crippen molar-refractivity contribution in [1.29, 1.82) is 0 Å². The smallest absolute Gasteiger partial charge is 0.168 e. The Morgan fingerprint density at radius 2 is 1.75 bits per heavy atom. The molecule has 2 aromatic heterocycles. The molecule has 96 valence electrons. The van der Waals surface area contributed by atoms with Crippen molar-refractivity contribution in [3.8, 4) is 0 Å². The van der Waals surface area contributed by atoms with Crippen LogP contribution in [0, 0.1) is 3.95 Å². The molecule has 0 spiro atoms. The highest BCUT2D eigenvalue weighted by atomic mass is 32.1. The minimum Gasteiger partial charge on any atom is -0.273 e. The first-order valence-electron chi connectivity index (χ1n) is 6.30. The second-order valence-electron chi connectivity index (χ2n) is 4.55. The summed E-state index contributed by atoms with van der Waals surface area (Å²) in [5.74, 6) is 0. The van der Waals surface area contributed by atoms with E-state index in [0.717, 1.165) is 25.2 Å². The van der Waals surface area contributed by atoms with E-state index in [4.69, 9.17) is 17.2 Å². The third-order valence-electron chi connectivity index (χ3n) is 3.26. The molecule has 2 heterocycles. The second-order valence-corrected chi connectivity index (χ2v) is 6.22.